The Kier molecular flexibility index (Phi) is 4.44. The van der Waals surface area contributed by atoms with Gasteiger partial charge in [-0.2, -0.15) is 0 Å². The minimum absolute atomic E-state index is 0.131. The van der Waals surface area contributed by atoms with Crippen molar-refractivity contribution in [2.24, 2.45) is 0 Å². The van der Waals surface area contributed by atoms with Gasteiger partial charge in [-0.3, -0.25) is 9.97 Å². The molecule has 0 radical (unpaired) electrons. The maximum absolute atomic E-state index is 6.41. The lowest BCUT2D eigenvalue weighted by molar-refractivity contribution is 0.639. The molecule has 0 aliphatic rings. The quantitative estimate of drug-likeness (QED) is 0.316. The number of hydrogen-bond acceptors (Lipinski definition) is 3. The van der Waals surface area contributed by atoms with E-state index in [2.05, 4.69) is 86.4 Å². The molecule has 2 aromatic carbocycles. The van der Waals surface area contributed by atoms with Crippen LogP contribution in [0.25, 0.3) is 33.2 Å². The molecule has 5 aromatic rings. The summed E-state index contributed by atoms with van der Waals surface area (Å²) in [6.45, 7) is 10.7. The van der Waals surface area contributed by atoms with Crippen LogP contribution in [0, 0.1) is 20.8 Å². The second-order valence-electron chi connectivity index (χ2n) is 8.88. The smallest absolute Gasteiger partial charge is 0.156 e. The Balaban J connectivity index is 1.73. The molecule has 0 amide bonds. The van der Waals surface area contributed by atoms with Gasteiger partial charge in [0, 0.05) is 33.6 Å². The Morgan fingerprint density at radius 3 is 2.35 bits per heavy atom. The Bertz CT molecular complexity index is 1430. The second kappa shape index (κ2) is 7.05. The third-order valence-electron chi connectivity index (χ3n) is 6.36. The van der Waals surface area contributed by atoms with Crippen molar-refractivity contribution in [3.63, 3.8) is 0 Å². The standard InChI is InChI=1S/C28H26N2O/c1-17-11-12-22(27-25(17)23-15-18(2)30-19(3)26(23)31-27)24-16-21(13-14-29-24)28(4,5)20-9-7-6-8-10-20/h6-16H,1-5H3. The maximum Gasteiger partial charge on any atom is 0.156 e. The van der Waals surface area contributed by atoms with Crippen LogP contribution in [0.4, 0.5) is 0 Å². The Labute approximate surface area is 182 Å². The molecule has 0 aliphatic heterocycles. The normalized spacial score (nSPS) is 12.0. The fraction of sp³-hybridized carbons (Fsp3) is 0.214. The van der Waals surface area contributed by atoms with Crippen LogP contribution in [0.1, 0.15) is 41.9 Å². The van der Waals surface area contributed by atoms with Gasteiger partial charge in [0.2, 0.25) is 0 Å². The first-order valence-electron chi connectivity index (χ1n) is 10.7. The van der Waals surface area contributed by atoms with E-state index in [1.54, 1.807) is 0 Å². The van der Waals surface area contributed by atoms with Crippen LogP contribution in [-0.4, -0.2) is 9.97 Å². The van der Waals surface area contributed by atoms with Crippen LogP contribution in [0.5, 0.6) is 0 Å². The van der Waals surface area contributed by atoms with Gasteiger partial charge in [-0.05, 0) is 61.7 Å². The van der Waals surface area contributed by atoms with Gasteiger partial charge >= 0.3 is 0 Å². The highest BCUT2D eigenvalue weighted by molar-refractivity contribution is 6.11. The fourth-order valence-electron chi connectivity index (χ4n) is 4.55. The highest BCUT2D eigenvalue weighted by Gasteiger charge is 2.24. The summed E-state index contributed by atoms with van der Waals surface area (Å²) in [5.41, 5.74) is 9.17. The van der Waals surface area contributed by atoms with Crippen molar-refractivity contribution in [3.8, 4) is 11.3 Å². The van der Waals surface area contributed by atoms with Crippen LogP contribution < -0.4 is 0 Å². The zero-order valence-electron chi connectivity index (χ0n) is 18.7. The highest BCUT2D eigenvalue weighted by Crippen LogP contribution is 2.39. The number of fused-ring (bicyclic) bond motifs is 3. The highest BCUT2D eigenvalue weighted by atomic mass is 16.3. The van der Waals surface area contributed by atoms with Crippen molar-refractivity contribution in [1.82, 2.24) is 9.97 Å². The first kappa shape index (κ1) is 19.5. The molecule has 0 aliphatic carbocycles. The van der Waals surface area contributed by atoms with Crippen molar-refractivity contribution < 1.29 is 4.42 Å². The lowest BCUT2D eigenvalue weighted by Crippen LogP contribution is -2.18. The molecule has 0 saturated carbocycles. The van der Waals surface area contributed by atoms with Crippen molar-refractivity contribution in [3.05, 3.63) is 94.9 Å². The Hall–Kier alpha value is -3.46. The molecule has 5 rings (SSSR count). The van der Waals surface area contributed by atoms with Crippen LogP contribution in [-0.2, 0) is 5.41 Å². The number of hydrogen-bond donors (Lipinski definition) is 0. The first-order chi connectivity index (χ1) is 14.9. The lowest BCUT2D eigenvalue weighted by Gasteiger charge is -2.26. The summed E-state index contributed by atoms with van der Waals surface area (Å²) >= 11 is 0. The van der Waals surface area contributed by atoms with Gasteiger partial charge in [0.05, 0.1) is 11.4 Å². The van der Waals surface area contributed by atoms with Crippen molar-refractivity contribution in [1.29, 1.82) is 0 Å². The number of nitrogens with zero attached hydrogens (tertiary/aromatic N) is 2. The number of rotatable bonds is 3. The summed E-state index contributed by atoms with van der Waals surface area (Å²) in [4.78, 5) is 9.33. The van der Waals surface area contributed by atoms with Gasteiger partial charge in [-0.25, -0.2) is 0 Å². The van der Waals surface area contributed by atoms with Crippen LogP contribution in [0.3, 0.4) is 0 Å². The van der Waals surface area contributed by atoms with E-state index < -0.39 is 0 Å². The summed E-state index contributed by atoms with van der Waals surface area (Å²) in [5, 5.41) is 2.27. The molecule has 0 fully saturated rings. The largest absolute Gasteiger partial charge is 0.453 e. The van der Waals surface area contributed by atoms with E-state index in [9.17, 15) is 0 Å². The Morgan fingerprint density at radius 2 is 1.58 bits per heavy atom. The number of benzene rings is 2. The van der Waals surface area contributed by atoms with Crippen molar-refractivity contribution >= 4 is 21.9 Å². The summed E-state index contributed by atoms with van der Waals surface area (Å²) in [5.74, 6) is 0. The minimum Gasteiger partial charge on any atom is -0.453 e. The number of aryl methyl sites for hydroxylation is 3. The predicted molar refractivity (Wildman–Crippen MR) is 128 cm³/mol. The lowest BCUT2D eigenvalue weighted by atomic mass is 9.78. The monoisotopic (exact) mass is 406 g/mol. The van der Waals surface area contributed by atoms with E-state index in [0.717, 1.165) is 44.6 Å². The van der Waals surface area contributed by atoms with E-state index in [1.165, 1.54) is 16.7 Å². The van der Waals surface area contributed by atoms with Gasteiger partial charge in [-0.15, -0.1) is 0 Å². The zero-order chi connectivity index (χ0) is 21.8. The summed E-state index contributed by atoms with van der Waals surface area (Å²) in [7, 11) is 0. The predicted octanol–water partition coefficient (Wildman–Crippen LogP) is 7.29. The molecule has 0 bridgehead atoms. The molecule has 31 heavy (non-hydrogen) atoms. The van der Waals surface area contributed by atoms with Crippen LogP contribution >= 0.6 is 0 Å². The zero-order valence-corrected chi connectivity index (χ0v) is 18.7. The van der Waals surface area contributed by atoms with Crippen LogP contribution in [0.15, 0.2) is 71.3 Å². The summed E-state index contributed by atoms with van der Waals surface area (Å²) in [6, 6.07) is 21.3. The van der Waals surface area contributed by atoms with E-state index in [0.29, 0.717) is 0 Å². The molecule has 3 heteroatoms. The third-order valence-corrected chi connectivity index (χ3v) is 6.36. The van der Waals surface area contributed by atoms with E-state index in [1.807, 2.05) is 20.0 Å². The average Bonchev–Trinajstić information content (AvgIpc) is 3.15. The molecule has 0 spiro atoms. The molecule has 0 atom stereocenters. The van der Waals surface area contributed by atoms with Gasteiger partial charge in [0.15, 0.2) is 5.58 Å². The van der Waals surface area contributed by atoms with Gasteiger partial charge in [-0.1, -0.05) is 50.2 Å². The molecule has 3 nitrogen and oxygen atoms in total. The van der Waals surface area contributed by atoms with E-state index >= 15 is 0 Å². The fourth-order valence-corrected chi connectivity index (χ4v) is 4.55. The molecule has 0 N–H and O–H groups in total. The minimum atomic E-state index is -0.131. The molecular formula is C28H26N2O. The molecular weight excluding hydrogens is 380 g/mol. The van der Waals surface area contributed by atoms with Gasteiger partial charge < -0.3 is 4.42 Å². The Morgan fingerprint density at radius 1 is 0.806 bits per heavy atom. The molecule has 154 valence electrons. The number of pyridine rings is 2. The molecule has 0 unspecified atom stereocenters. The SMILES string of the molecule is Cc1cc2c(oc3c(-c4cc(C(C)(C)c5ccccc5)ccn4)ccc(C)c32)c(C)n1. The summed E-state index contributed by atoms with van der Waals surface area (Å²) < 4.78 is 6.41. The molecule has 3 aromatic heterocycles. The topological polar surface area (TPSA) is 38.9 Å². The van der Waals surface area contributed by atoms with Crippen molar-refractivity contribution in [2.75, 3.05) is 0 Å². The first-order valence-corrected chi connectivity index (χ1v) is 10.7. The number of furan rings is 1. The molecule has 3 heterocycles. The van der Waals surface area contributed by atoms with Crippen LogP contribution in [0.2, 0.25) is 0 Å². The summed E-state index contributed by atoms with van der Waals surface area (Å²) in [6.07, 6.45) is 1.90. The van der Waals surface area contributed by atoms with E-state index in [4.69, 9.17) is 9.40 Å². The average molecular weight is 407 g/mol. The van der Waals surface area contributed by atoms with E-state index in [-0.39, 0.29) is 5.41 Å². The second-order valence-corrected chi connectivity index (χ2v) is 8.88. The maximum atomic E-state index is 6.41. The van der Waals surface area contributed by atoms with Gasteiger partial charge in [0.1, 0.15) is 5.58 Å². The van der Waals surface area contributed by atoms with Gasteiger partial charge in [0.25, 0.3) is 0 Å². The molecule has 0 saturated heterocycles. The third kappa shape index (κ3) is 3.12. The van der Waals surface area contributed by atoms with Crippen molar-refractivity contribution in [2.45, 2.75) is 40.0 Å². The number of aromatic nitrogens is 2.